The standard InChI is InChI=1S/C22H32O6/c1-11-6-7-22(26)9-14-13-10-27-15(13)8-16(24)21(14,5)19(25)18(28-12(2)23)17(11)20(22,3)4/h13-16,18,24,26H,6-10H2,1-5H3. The van der Waals surface area contributed by atoms with Crippen molar-refractivity contribution < 1.29 is 29.3 Å². The van der Waals surface area contributed by atoms with E-state index in [0.717, 1.165) is 5.57 Å². The van der Waals surface area contributed by atoms with E-state index in [0.29, 0.717) is 37.9 Å². The van der Waals surface area contributed by atoms with Crippen molar-refractivity contribution in [1.29, 1.82) is 0 Å². The predicted molar refractivity (Wildman–Crippen MR) is 101 cm³/mol. The highest BCUT2D eigenvalue weighted by Crippen LogP contribution is 2.61. The Bertz CT molecular complexity index is 754. The first-order valence-corrected chi connectivity index (χ1v) is 10.4. The van der Waals surface area contributed by atoms with Crippen LogP contribution in [0.2, 0.25) is 0 Å². The Hall–Kier alpha value is -1.24. The summed E-state index contributed by atoms with van der Waals surface area (Å²) in [5, 5.41) is 22.9. The molecule has 2 saturated carbocycles. The number of allylic oxidation sites excluding steroid dienone is 1. The third-order valence-electron chi connectivity index (χ3n) is 8.50. The minimum atomic E-state index is -1.08. The van der Waals surface area contributed by atoms with E-state index in [1.54, 1.807) is 6.92 Å². The van der Waals surface area contributed by atoms with E-state index >= 15 is 0 Å². The van der Waals surface area contributed by atoms with Crippen LogP contribution in [0.5, 0.6) is 0 Å². The molecule has 6 heteroatoms. The average Bonchev–Trinajstić information content (AvgIpc) is 2.57. The molecule has 7 atom stereocenters. The van der Waals surface area contributed by atoms with Crippen LogP contribution in [0, 0.1) is 22.7 Å². The van der Waals surface area contributed by atoms with Crippen molar-refractivity contribution in [2.75, 3.05) is 6.61 Å². The van der Waals surface area contributed by atoms with Gasteiger partial charge in [-0.2, -0.15) is 0 Å². The molecule has 4 rings (SSSR count). The Kier molecular flexibility index (Phi) is 4.39. The molecule has 28 heavy (non-hydrogen) atoms. The van der Waals surface area contributed by atoms with E-state index < -0.39 is 34.6 Å². The van der Waals surface area contributed by atoms with Gasteiger partial charge in [0.25, 0.3) is 0 Å². The number of esters is 1. The van der Waals surface area contributed by atoms with Crippen LogP contribution in [0.25, 0.3) is 0 Å². The smallest absolute Gasteiger partial charge is 0.303 e. The summed E-state index contributed by atoms with van der Waals surface area (Å²) in [7, 11) is 0. The lowest BCUT2D eigenvalue weighted by Crippen LogP contribution is -2.68. The molecule has 3 aliphatic carbocycles. The summed E-state index contributed by atoms with van der Waals surface area (Å²) in [6, 6.07) is 0. The third-order valence-corrected chi connectivity index (χ3v) is 8.50. The van der Waals surface area contributed by atoms with Crippen molar-refractivity contribution in [3.63, 3.8) is 0 Å². The fourth-order valence-electron chi connectivity index (χ4n) is 6.42. The second-order valence-corrected chi connectivity index (χ2v) is 10.1. The highest BCUT2D eigenvalue weighted by atomic mass is 16.5. The maximum atomic E-state index is 13.9. The van der Waals surface area contributed by atoms with Crippen LogP contribution in [0.3, 0.4) is 0 Å². The van der Waals surface area contributed by atoms with Gasteiger partial charge < -0.3 is 19.7 Å². The SMILES string of the molecule is CC(=O)OC1C(=O)C2(C)C(O)CC3OCC3C2CC2(O)CCC(C)=C1C2(C)C. The van der Waals surface area contributed by atoms with Crippen LogP contribution < -0.4 is 0 Å². The lowest BCUT2D eigenvalue weighted by atomic mass is 9.47. The number of carbonyl (C=O) groups is 2. The molecular weight excluding hydrogens is 360 g/mol. The van der Waals surface area contributed by atoms with Gasteiger partial charge in [-0.1, -0.05) is 19.4 Å². The molecule has 0 aromatic carbocycles. The van der Waals surface area contributed by atoms with Gasteiger partial charge in [0.05, 0.1) is 29.8 Å². The van der Waals surface area contributed by atoms with Gasteiger partial charge in [-0.15, -0.1) is 0 Å². The zero-order valence-electron chi connectivity index (χ0n) is 17.4. The highest BCUT2D eigenvalue weighted by Gasteiger charge is 2.66. The Morgan fingerprint density at radius 1 is 1.29 bits per heavy atom. The summed E-state index contributed by atoms with van der Waals surface area (Å²) >= 11 is 0. The Balaban J connectivity index is 1.93. The molecule has 0 aromatic rings. The molecule has 0 radical (unpaired) electrons. The van der Waals surface area contributed by atoms with Crippen molar-refractivity contribution in [3.8, 4) is 0 Å². The number of carbonyl (C=O) groups excluding carboxylic acids is 2. The zero-order chi connectivity index (χ0) is 20.6. The van der Waals surface area contributed by atoms with Gasteiger partial charge >= 0.3 is 5.97 Å². The molecule has 2 bridgehead atoms. The minimum Gasteiger partial charge on any atom is -0.450 e. The lowest BCUT2D eigenvalue weighted by molar-refractivity contribution is -0.242. The average molecular weight is 392 g/mol. The molecule has 0 spiro atoms. The van der Waals surface area contributed by atoms with Crippen molar-refractivity contribution in [3.05, 3.63) is 11.1 Å². The molecule has 1 aliphatic heterocycles. The number of aliphatic hydroxyl groups is 2. The number of fused-ring (bicyclic) bond motifs is 5. The summed E-state index contributed by atoms with van der Waals surface area (Å²) < 4.78 is 11.3. The van der Waals surface area contributed by atoms with Gasteiger partial charge in [-0.05, 0) is 44.6 Å². The Morgan fingerprint density at radius 3 is 2.54 bits per heavy atom. The van der Waals surface area contributed by atoms with E-state index in [-0.39, 0.29) is 23.7 Å². The number of Topliss-reactive ketones (excluding diaryl/α,β-unsaturated/α-hetero) is 1. The quantitative estimate of drug-likeness (QED) is 0.525. The lowest BCUT2D eigenvalue weighted by Gasteiger charge is -2.62. The molecule has 2 N–H and O–H groups in total. The van der Waals surface area contributed by atoms with E-state index in [4.69, 9.17) is 9.47 Å². The maximum absolute atomic E-state index is 13.9. The molecule has 0 aromatic heterocycles. The van der Waals surface area contributed by atoms with Gasteiger partial charge in [0, 0.05) is 24.7 Å². The molecule has 6 nitrogen and oxygen atoms in total. The van der Waals surface area contributed by atoms with Crippen molar-refractivity contribution in [2.24, 2.45) is 22.7 Å². The fourth-order valence-corrected chi connectivity index (χ4v) is 6.42. The Morgan fingerprint density at radius 2 is 1.96 bits per heavy atom. The Labute approximate surface area is 166 Å². The second-order valence-electron chi connectivity index (χ2n) is 10.1. The fraction of sp³-hybridized carbons (Fsp3) is 0.818. The first kappa shape index (κ1) is 20.0. The second kappa shape index (κ2) is 6.13. The van der Waals surface area contributed by atoms with E-state index in [2.05, 4.69) is 0 Å². The van der Waals surface area contributed by atoms with Gasteiger partial charge in [-0.3, -0.25) is 9.59 Å². The minimum absolute atomic E-state index is 0.0699. The van der Waals surface area contributed by atoms with Crippen molar-refractivity contribution >= 4 is 11.8 Å². The van der Waals surface area contributed by atoms with Crippen LogP contribution in [-0.2, 0) is 19.1 Å². The molecule has 1 saturated heterocycles. The number of rotatable bonds is 1. The molecule has 1 heterocycles. The van der Waals surface area contributed by atoms with Crippen LogP contribution in [0.15, 0.2) is 11.1 Å². The van der Waals surface area contributed by atoms with Crippen LogP contribution in [0.1, 0.15) is 60.3 Å². The van der Waals surface area contributed by atoms with Crippen molar-refractivity contribution in [1.82, 2.24) is 0 Å². The van der Waals surface area contributed by atoms with E-state index in [1.165, 1.54) is 6.92 Å². The van der Waals surface area contributed by atoms with E-state index in [9.17, 15) is 19.8 Å². The summed E-state index contributed by atoms with van der Waals surface area (Å²) in [5.41, 5.74) is -1.14. The van der Waals surface area contributed by atoms with Crippen LogP contribution in [-0.4, -0.2) is 52.5 Å². The largest absolute Gasteiger partial charge is 0.450 e. The summed E-state index contributed by atoms with van der Waals surface area (Å²) in [6.07, 6.45) is 0.0623. The van der Waals surface area contributed by atoms with Crippen LogP contribution in [0.4, 0.5) is 0 Å². The summed E-state index contributed by atoms with van der Waals surface area (Å²) in [6.45, 7) is 9.49. The molecule has 156 valence electrons. The molecule has 0 amide bonds. The number of hydrogen-bond acceptors (Lipinski definition) is 6. The first-order valence-electron chi connectivity index (χ1n) is 10.4. The zero-order valence-corrected chi connectivity index (χ0v) is 17.4. The number of hydrogen-bond donors (Lipinski definition) is 2. The monoisotopic (exact) mass is 392 g/mol. The molecule has 3 fully saturated rings. The third kappa shape index (κ3) is 2.44. The summed E-state index contributed by atoms with van der Waals surface area (Å²) in [5.74, 6) is -0.857. The molecule has 7 unspecified atom stereocenters. The van der Waals surface area contributed by atoms with E-state index in [1.807, 2.05) is 20.8 Å². The van der Waals surface area contributed by atoms with Gasteiger partial charge in [0.15, 0.2) is 11.9 Å². The molecular formula is C22H32O6. The topological polar surface area (TPSA) is 93.1 Å². The number of aliphatic hydroxyl groups excluding tert-OH is 1. The normalized spacial score (nSPS) is 47.2. The maximum Gasteiger partial charge on any atom is 0.303 e. The predicted octanol–water partition coefficient (Wildman–Crippen LogP) is 2.16. The van der Waals surface area contributed by atoms with Gasteiger partial charge in [0.1, 0.15) is 0 Å². The number of ketones is 1. The first-order chi connectivity index (χ1) is 12.9. The molecule has 4 aliphatic rings. The van der Waals surface area contributed by atoms with Crippen molar-refractivity contribution in [2.45, 2.75) is 84.2 Å². The summed E-state index contributed by atoms with van der Waals surface area (Å²) in [4.78, 5) is 25.9. The van der Waals surface area contributed by atoms with Gasteiger partial charge in [-0.25, -0.2) is 0 Å². The van der Waals surface area contributed by atoms with Gasteiger partial charge in [0.2, 0.25) is 0 Å². The highest BCUT2D eigenvalue weighted by molar-refractivity contribution is 5.94. The van der Waals surface area contributed by atoms with Crippen LogP contribution >= 0.6 is 0 Å². The number of ether oxygens (including phenoxy) is 2.